The summed E-state index contributed by atoms with van der Waals surface area (Å²) in [5.74, 6) is 0.194. The van der Waals surface area contributed by atoms with Gasteiger partial charge in [-0.05, 0) is 59.0 Å². The zero-order chi connectivity index (χ0) is 33.0. The summed E-state index contributed by atoms with van der Waals surface area (Å²) in [6, 6.07) is 23.0. The zero-order valence-corrected chi connectivity index (χ0v) is 27.9. The van der Waals surface area contributed by atoms with Crippen LogP contribution in [0.5, 0.6) is 0 Å². The monoisotopic (exact) mass is 691 g/mol. The van der Waals surface area contributed by atoms with Crippen LogP contribution in [0, 0.1) is 0 Å². The lowest BCUT2D eigenvalue weighted by Gasteiger charge is -2.26. The number of carbonyl (C=O) groups excluding carboxylic acids is 2. The molecule has 0 aliphatic carbocycles. The van der Waals surface area contributed by atoms with Crippen molar-refractivity contribution in [3.63, 3.8) is 0 Å². The second kappa shape index (κ2) is 14.4. The molecule has 2 atom stereocenters. The number of aliphatic imine (C=N–C) groups is 1. The highest BCUT2D eigenvalue weighted by Gasteiger charge is 2.30. The van der Waals surface area contributed by atoms with Gasteiger partial charge in [0.05, 0.1) is 27.5 Å². The fraction of sp³-hybridized carbons (Fsp3) is 0.286. The average Bonchev–Trinajstić information content (AvgIpc) is 3.81. The second-order valence-electron chi connectivity index (χ2n) is 11.8. The van der Waals surface area contributed by atoms with Crippen LogP contribution in [0.1, 0.15) is 42.0 Å². The minimum absolute atomic E-state index is 0.0611. The Kier molecular flexibility index (Phi) is 10.1. The zero-order valence-electron chi connectivity index (χ0n) is 25.6. The SMILES string of the molecule is O=C(C[C@H](NS(=O)(=O)c1ccc2ccccc2c1)c1ccc(Cl)c(Cl)c1)N[C@@H](Cc1ccc(C2=NCCN2)cc1)C(=O)N1CCCC1. The molecule has 2 amide bonds. The van der Waals surface area contributed by atoms with Gasteiger partial charge in [0.15, 0.2) is 0 Å². The van der Waals surface area contributed by atoms with Crippen LogP contribution in [-0.4, -0.2) is 63.2 Å². The van der Waals surface area contributed by atoms with Crippen LogP contribution in [0.2, 0.25) is 10.0 Å². The van der Waals surface area contributed by atoms with Gasteiger partial charge in [-0.25, -0.2) is 13.1 Å². The van der Waals surface area contributed by atoms with Gasteiger partial charge in [0.25, 0.3) is 0 Å². The van der Waals surface area contributed by atoms with Crippen molar-refractivity contribution in [1.82, 2.24) is 20.3 Å². The number of fused-ring (bicyclic) bond motifs is 1. The van der Waals surface area contributed by atoms with Crippen molar-refractivity contribution in [3.05, 3.63) is 112 Å². The third-order valence-corrected chi connectivity index (χ3v) is 10.7. The number of hydrogen-bond donors (Lipinski definition) is 3. The molecule has 4 aromatic carbocycles. The molecule has 4 aromatic rings. The number of amides is 2. The van der Waals surface area contributed by atoms with E-state index in [9.17, 15) is 18.0 Å². The summed E-state index contributed by atoms with van der Waals surface area (Å²) in [7, 11) is -4.08. The van der Waals surface area contributed by atoms with Crippen molar-refractivity contribution in [2.45, 2.75) is 42.7 Å². The van der Waals surface area contributed by atoms with Gasteiger partial charge in [-0.3, -0.25) is 14.6 Å². The van der Waals surface area contributed by atoms with E-state index in [1.165, 1.54) is 6.07 Å². The molecule has 3 N–H and O–H groups in total. The first kappa shape index (κ1) is 33.0. The molecule has 0 aromatic heterocycles. The molecular formula is C35H35Cl2N5O4S. The van der Waals surface area contributed by atoms with Crippen molar-refractivity contribution in [2.24, 2.45) is 4.99 Å². The quantitative estimate of drug-likeness (QED) is 0.198. The summed E-state index contributed by atoms with van der Waals surface area (Å²) in [5, 5.41) is 8.38. The smallest absolute Gasteiger partial charge is 0.245 e. The molecule has 2 aliphatic rings. The predicted molar refractivity (Wildman–Crippen MR) is 185 cm³/mol. The molecule has 1 saturated heterocycles. The number of hydrogen-bond acceptors (Lipinski definition) is 6. The average molecular weight is 693 g/mol. The highest BCUT2D eigenvalue weighted by Crippen LogP contribution is 2.29. The summed E-state index contributed by atoms with van der Waals surface area (Å²) in [6.45, 7) is 2.80. The number of sulfonamides is 1. The van der Waals surface area contributed by atoms with E-state index >= 15 is 0 Å². The van der Waals surface area contributed by atoms with E-state index in [0.717, 1.165) is 53.7 Å². The molecule has 47 heavy (non-hydrogen) atoms. The van der Waals surface area contributed by atoms with Crippen molar-refractivity contribution in [3.8, 4) is 0 Å². The third-order valence-electron chi connectivity index (χ3n) is 8.46. The minimum atomic E-state index is -4.08. The summed E-state index contributed by atoms with van der Waals surface area (Å²) in [4.78, 5) is 33.7. The second-order valence-corrected chi connectivity index (χ2v) is 14.3. The van der Waals surface area contributed by atoms with Crippen LogP contribution in [0.4, 0.5) is 0 Å². The van der Waals surface area contributed by atoms with Crippen LogP contribution in [-0.2, 0) is 26.0 Å². The highest BCUT2D eigenvalue weighted by molar-refractivity contribution is 7.89. The van der Waals surface area contributed by atoms with Gasteiger partial charge in [0.1, 0.15) is 11.9 Å². The maximum absolute atomic E-state index is 13.7. The first-order valence-electron chi connectivity index (χ1n) is 15.6. The van der Waals surface area contributed by atoms with E-state index in [-0.39, 0.29) is 28.7 Å². The predicted octanol–water partition coefficient (Wildman–Crippen LogP) is 5.26. The van der Waals surface area contributed by atoms with E-state index in [1.54, 1.807) is 35.2 Å². The van der Waals surface area contributed by atoms with E-state index in [4.69, 9.17) is 23.2 Å². The number of nitrogens with zero attached hydrogens (tertiary/aromatic N) is 2. The Morgan fingerprint density at radius 3 is 2.34 bits per heavy atom. The lowest BCUT2D eigenvalue weighted by Crippen LogP contribution is -2.49. The summed E-state index contributed by atoms with van der Waals surface area (Å²) < 4.78 is 30.1. The Morgan fingerprint density at radius 1 is 0.894 bits per heavy atom. The van der Waals surface area contributed by atoms with Gasteiger partial charge in [0.2, 0.25) is 21.8 Å². The van der Waals surface area contributed by atoms with E-state index in [0.29, 0.717) is 23.7 Å². The molecule has 0 radical (unpaired) electrons. The Hall–Kier alpha value is -3.96. The first-order valence-corrected chi connectivity index (χ1v) is 17.8. The molecule has 9 nitrogen and oxygen atoms in total. The van der Waals surface area contributed by atoms with Crippen LogP contribution >= 0.6 is 23.2 Å². The molecule has 2 aliphatic heterocycles. The van der Waals surface area contributed by atoms with Gasteiger partial charge in [0, 0.05) is 38.0 Å². The Morgan fingerprint density at radius 2 is 1.64 bits per heavy atom. The molecule has 244 valence electrons. The molecule has 2 heterocycles. The number of carbonyl (C=O) groups is 2. The number of nitrogens with one attached hydrogen (secondary N) is 3. The number of rotatable bonds is 11. The highest BCUT2D eigenvalue weighted by atomic mass is 35.5. The van der Waals surface area contributed by atoms with E-state index in [1.807, 2.05) is 48.5 Å². The molecule has 0 spiro atoms. The maximum atomic E-state index is 13.7. The standard InChI is InChI=1S/C35H35Cl2N5O4S/c36-29-14-12-27(21-30(29)37)31(41-47(45,46)28-13-11-24-5-1-2-6-26(24)20-28)22-33(43)40-32(35(44)42-17-3-4-18-42)19-23-7-9-25(10-8-23)34-38-15-16-39-34/h1-2,5-14,20-21,31-32,41H,3-4,15-19,22H2,(H,38,39)(H,40,43)/t31-,32-/m0/s1. The number of likely N-dealkylation sites (tertiary alicyclic amines) is 1. The molecule has 0 bridgehead atoms. The van der Waals surface area contributed by atoms with Crippen molar-refractivity contribution < 1.29 is 18.0 Å². The number of amidine groups is 1. The van der Waals surface area contributed by atoms with Crippen LogP contribution in [0.25, 0.3) is 10.8 Å². The fourth-order valence-corrected chi connectivity index (χ4v) is 7.53. The molecule has 12 heteroatoms. The Labute approximate surface area is 284 Å². The van der Waals surface area contributed by atoms with E-state index in [2.05, 4.69) is 20.3 Å². The summed E-state index contributed by atoms with van der Waals surface area (Å²) >= 11 is 12.5. The Balaban J connectivity index is 1.24. The number of benzene rings is 4. The lowest BCUT2D eigenvalue weighted by atomic mass is 10.0. The largest absolute Gasteiger partial charge is 0.368 e. The lowest BCUT2D eigenvalue weighted by molar-refractivity contribution is -0.135. The number of halogens is 2. The van der Waals surface area contributed by atoms with Crippen molar-refractivity contribution in [2.75, 3.05) is 26.2 Å². The van der Waals surface area contributed by atoms with Crippen LogP contribution in [0.3, 0.4) is 0 Å². The van der Waals surface area contributed by atoms with Gasteiger partial charge in [-0.15, -0.1) is 0 Å². The molecular weight excluding hydrogens is 657 g/mol. The Bertz CT molecular complexity index is 1930. The van der Waals surface area contributed by atoms with Crippen LogP contribution < -0.4 is 15.4 Å². The van der Waals surface area contributed by atoms with Crippen molar-refractivity contribution in [1.29, 1.82) is 0 Å². The normalized spacial score (nSPS) is 16.0. The molecule has 0 unspecified atom stereocenters. The van der Waals surface area contributed by atoms with Gasteiger partial charge < -0.3 is 15.5 Å². The molecule has 6 rings (SSSR count). The van der Waals surface area contributed by atoms with Crippen molar-refractivity contribution >= 4 is 61.6 Å². The van der Waals surface area contributed by atoms with Gasteiger partial charge in [-0.2, -0.15) is 0 Å². The molecule has 0 saturated carbocycles. The topological polar surface area (TPSA) is 120 Å². The summed E-state index contributed by atoms with van der Waals surface area (Å²) in [5.41, 5.74) is 2.30. The maximum Gasteiger partial charge on any atom is 0.245 e. The summed E-state index contributed by atoms with van der Waals surface area (Å²) in [6.07, 6.45) is 1.82. The first-order chi connectivity index (χ1) is 22.7. The van der Waals surface area contributed by atoms with Gasteiger partial charge in [-0.1, -0.05) is 83.9 Å². The minimum Gasteiger partial charge on any atom is -0.368 e. The van der Waals surface area contributed by atoms with E-state index < -0.39 is 28.0 Å². The van der Waals surface area contributed by atoms with Crippen LogP contribution in [0.15, 0.2) is 94.8 Å². The molecule has 1 fully saturated rings. The third kappa shape index (κ3) is 7.96. The fourth-order valence-electron chi connectivity index (χ4n) is 5.97. The van der Waals surface area contributed by atoms with Gasteiger partial charge >= 0.3 is 0 Å².